The van der Waals surface area contributed by atoms with Crippen molar-refractivity contribution < 1.29 is 18.3 Å². The van der Waals surface area contributed by atoms with Crippen LogP contribution in [0.25, 0.3) is 0 Å². The lowest BCUT2D eigenvalue weighted by molar-refractivity contribution is -0.396. The van der Waals surface area contributed by atoms with Gasteiger partial charge in [0, 0.05) is 10.9 Å². The fourth-order valence-electron chi connectivity index (χ4n) is 1.52. The monoisotopic (exact) mass is 341 g/mol. The number of benzene rings is 1. The highest BCUT2D eigenvalue weighted by Crippen LogP contribution is 2.29. The molecular weight excluding hydrogens is 334 g/mol. The highest BCUT2D eigenvalue weighted by atomic mass is 32.2. The summed E-state index contributed by atoms with van der Waals surface area (Å²) in [6.07, 6.45) is 1.06. The number of rotatable bonds is 5. The van der Waals surface area contributed by atoms with Crippen molar-refractivity contribution in [3.05, 3.63) is 60.8 Å². The van der Waals surface area contributed by atoms with Crippen molar-refractivity contribution in [2.75, 3.05) is 0 Å². The van der Waals surface area contributed by atoms with Crippen molar-refractivity contribution in [3.63, 3.8) is 0 Å². The Morgan fingerprint density at radius 1 is 1.14 bits per heavy atom. The van der Waals surface area contributed by atoms with E-state index in [1.54, 1.807) is 17.5 Å². The van der Waals surface area contributed by atoms with Crippen LogP contribution in [0.4, 0.5) is 11.4 Å². The largest absolute Gasteiger partial charge is 0.296 e. The highest BCUT2D eigenvalue weighted by Gasteiger charge is 2.27. The second kappa shape index (κ2) is 5.99. The Bertz CT molecular complexity index is 858. The van der Waals surface area contributed by atoms with Gasteiger partial charge in [0.2, 0.25) is 0 Å². The van der Waals surface area contributed by atoms with E-state index < -0.39 is 36.1 Å². The van der Waals surface area contributed by atoms with Gasteiger partial charge in [0.25, 0.3) is 21.4 Å². The molecule has 1 aromatic heterocycles. The van der Waals surface area contributed by atoms with Gasteiger partial charge >= 0.3 is 0 Å². The van der Waals surface area contributed by atoms with Crippen LogP contribution in [0.2, 0.25) is 0 Å². The second-order valence-corrected chi connectivity index (χ2v) is 6.47. The van der Waals surface area contributed by atoms with Crippen LogP contribution in [0, 0.1) is 20.2 Å². The van der Waals surface area contributed by atoms with Gasteiger partial charge in [0.1, 0.15) is 0 Å². The normalized spacial score (nSPS) is 11.6. The molecule has 0 radical (unpaired) electrons. The zero-order valence-corrected chi connectivity index (χ0v) is 12.3. The first-order valence-corrected chi connectivity index (χ1v) is 7.90. The summed E-state index contributed by atoms with van der Waals surface area (Å²) in [4.78, 5) is 19.6. The van der Waals surface area contributed by atoms with Gasteiger partial charge in [-0.15, -0.1) is 11.3 Å². The molecule has 9 nitrogen and oxygen atoms in total. The third kappa shape index (κ3) is 3.32. The molecule has 114 valence electrons. The quantitative estimate of drug-likeness (QED) is 0.465. The van der Waals surface area contributed by atoms with Gasteiger partial charge < -0.3 is 0 Å². The van der Waals surface area contributed by atoms with E-state index in [0.29, 0.717) is 10.9 Å². The number of nitrogens with zero attached hydrogens (tertiary/aromatic N) is 3. The van der Waals surface area contributed by atoms with Crippen LogP contribution >= 0.6 is 11.3 Å². The molecule has 2 rings (SSSR count). The van der Waals surface area contributed by atoms with Crippen LogP contribution < -0.4 is 0 Å². The molecule has 0 bridgehead atoms. The van der Waals surface area contributed by atoms with E-state index >= 15 is 0 Å². The molecule has 22 heavy (non-hydrogen) atoms. The lowest BCUT2D eigenvalue weighted by atomic mass is 10.3. The molecule has 0 saturated carbocycles. The van der Waals surface area contributed by atoms with Crippen molar-refractivity contribution in [3.8, 4) is 0 Å². The highest BCUT2D eigenvalue weighted by molar-refractivity contribution is 7.90. The summed E-state index contributed by atoms with van der Waals surface area (Å²) in [5.74, 6) is 0. The molecule has 0 fully saturated rings. The van der Waals surface area contributed by atoms with E-state index in [4.69, 9.17) is 0 Å². The van der Waals surface area contributed by atoms with Crippen molar-refractivity contribution in [1.82, 2.24) is 0 Å². The molecule has 0 aliphatic heterocycles. The number of hydrogen-bond donors (Lipinski definition) is 0. The number of nitro groups is 2. The Morgan fingerprint density at radius 3 is 2.41 bits per heavy atom. The zero-order chi connectivity index (χ0) is 16.3. The lowest BCUT2D eigenvalue weighted by Gasteiger charge is -2.00. The lowest BCUT2D eigenvalue weighted by Crippen LogP contribution is -2.03. The molecule has 0 amide bonds. The molecule has 0 saturated heterocycles. The Balaban J connectivity index is 2.50. The summed E-state index contributed by atoms with van der Waals surface area (Å²) in [7, 11) is -4.34. The van der Waals surface area contributed by atoms with Crippen molar-refractivity contribution in [2.24, 2.45) is 4.40 Å². The van der Waals surface area contributed by atoms with E-state index in [1.165, 1.54) is 11.3 Å². The number of non-ortho nitro benzene ring substituents is 1. The number of sulfonamides is 1. The maximum absolute atomic E-state index is 12.1. The summed E-state index contributed by atoms with van der Waals surface area (Å²) in [6.45, 7) is 0. The fourth-order valence-corrected chi connectivity index (χ4v) is 3.18. The van der Waals surface area contributed by atoms with Crippen molar-refractivity contribution in [1.29, 1.82) is 0 Å². The van der Waals surface area contributed by atoms with Gasteiger partial charge in [-0.05, 0) is 17.5 Å². The predicted molar refractivity (Wildman–Crippen MR) is 78.8 cm³/mol. The standard InChI is InChI=1S/C11H7N3O6S2/c15-13(16)8-3-4-11(10(6-8)14(17)18)22(19,20)12-7-9-2-1-5-21-9/h1-7H/b12-7+. The molecule has 0 unspecified atom stereocenters. The average Bonchev–Trinajstić information content (AvgIpc) is 2.97. The Morgan fingerprint density at radius 2 is 1.86 bits per heavy atom. The number of hydrogen-bond acceptors (Lipinski definition) is 7. The summed E-state index contributed by atoms with van der Waals surface area (Å²) in [5, 5.41) is 23.3. The minimum Gasteiger partial charge on any atom is -0.258 e. The maximum Gasteiger partial charge on any atom is 0.296 e. The van der Waals surface area contributed by atoms with Gasteiger partial charge in [-0.2, -0.15) is 12.8 Å². The molecule has 0 N–H and O–H groups in total. The maximum atomic E-state index is 12.1. The average molecular weight is 341 g/mol. The SMILES string of the molecule is O=[N+]([O-])c1ccc(S(=O)(=O)/N=C/c2cccs2)c([N+](=O)[O-])c1. The van der Waals surface area contributed by atoms with Gasteiger partial charge in [-0.3, -0.25) is 20.2 Å². The summed E-state index contributed by atoms with van der Waals surface area (Å²) in [5.41, 5.74) is -1.47. The Labute approximate surface area is 127 Å². The van der Waals surface area contributed by atoms with Crippen LogP contribution in [-0.4, -0.2) is 24.5 Å². The van der Waals surface area contributed by atoms with Crippen LogP contribution in [0.1, 0.15) is 4.88 Å². The van der Waals surface area contributed by atoms with Crippen LogP contribution in [0.15, 0.2) is 45.0 Å². The molecule has 0 atom stereocenters. The molecule has 0 spiro atoms. The first kappa shape index (κ1) is 15.7. The predicted octanol–water partition coefficient (Wildman–Crippen LogP) is 2.37. The topological polar surface area (TPSA) is 133 Å². The van der Waals surface area contributed by atoms with E-state index in [0.717, 1.165) is 18.3 Å². The summed E-state index contributed by atoms with van der Waals surface area (Å²) >= 11 is 1.24. The zero-order valence-electron chi connectivity index (χ0n) is 10.6. The minimum absolute atomic E-state index is 0.549. The summed E-state index contributed by atoms with van der Waals surface area (Å²) in [6, 6.07) is 5.58. The van der Waals surface area contributed by atoms with E-state index in [2.05, 4.69) is 4.40 Å². The van der Waals surface area contributed by atoms with Crippen LogP contribution in [0.5, 0.6) is 0 Å². The first-order chi connectivity index (χ1) is 10.3. The van der Waals surface area contributed by atoms with Crippen molar-refractivity contribution in [2.45, 2.75) is 4.90 Å². The Kier molecular flexibility index (Phi) is 4.28. The molecule has 0 aliphatic carbocycles. The summed E-state index contributed by atoms with van der Waals surface area (Å²) < 4.78 is 27.5. The molecule has 11 heteroatoms. The molecule has 1 heterocycles. The van der Waals surface area contributed by atoms with Gasteiger partial charge in [-0.25, -0.2) is 0 Å². The fraction of sp³-hybridized carbons (Fsp3) is 0. The van der Waals surface area contributed by atoms with Gasteiger partial charge in [0.15, 0.2) is 4.90 Å². The smallest absolute Gasteiger partial charge is 0.258 e. The van der Waals surface area contributed by atoms with Crippen LogP contribution in [0.3, 0.4) is 0 Å². The molecule has 2 aromatic rings. The van der Waals surface area contributed by atoms with Gasteiger partial charge in [0.05, 0.1) is 22.1 Å². The van der Waals surface area contributed by atoms with E-state index in [-0.39, 0.29) is 0 Å². The van der Waals surface area contributed by atoms with E-state index in [9.17, 15) is 28.6 Å². The molecule has 1 aromatic carbocycles. The third-order valence-electron chi connectivity index (χ3n) is 2.49. The third-order valence-corrected chi connectivity index (χ3v) is 4.58. The second-order valence-electron chi connectivity index (χ2n) is 3.89. The molecule has 0 aliphatic rings. The van der Waals surface area contributed by atoms with Gasteiger partial charge in [-0.1, -0.05) is 6.07 Å². The number of nitro benzene ring substituents is 2. The van der Waals surface area contributed by atoms with Crippen molar-refractivity contribution >= 4 is 38.9 Å². The Hall–Kier alpha value is -2.66. The minimum atomic E-state index is -4.34. The molecular formula is C11H7N3O6S2. The van der Waals surface area contributed by atoms with E-state index in [1.807, 2.05) is 0 Å². The number of thiophene rings is 1. The first-order valence-electron chi connectivity index (χ1n) is 5.58. The van der Waals surface area contributed by atoms with Crippen LogP contribution in [-0.2, 0) is 10.0 Å².